The van der Waals surface area contributed by atoms with Gasteiger partial charge in [0.15, 0.2) is 0 Å². The maximum atomic E-state index is 8.85. The highest BCUT2D eigenvalue weighted by Gasteiger charge is 1.98. The summed E-state index contributed by atoms with van der Waals surface area (Å²) in [6.45, 7) is 2.17. The van der Waals surface area contributed by atoms with Crippen LogP contribution in [0.2, 0.25) is 0 Å². The van der Waals surface area contributed by atoms with Gasteiger partial charge in [0.25, 0.3) is 0 Å². The van der Waals surface area contributed by atoms with E-state index in [1.54, 1.807) is 0 Å². The third kappa shape index (κ3) is 7.78. The van der Waals surface area contributed by atoms with Gasteiger partial charge >= 0.3 is 0 Å². The monoisotopic (exact) mass is 161 g/mol. The summed E-state index contributed by atoms with van der Waals surface area (Å²) in [7, 11) is 0. The highest BCUT2D eigenvalue weighted by atomic mass is 16.5. The van der Waals surface area contributed by atoms with E-state index in [0.717, 1.165) is 12.8 Å². The smallest absolute Gasteiger partial charge is 0.126 e. The molecule has 0 fully saturated rings. The van der Waals surface area contributed by atoms with Crippen LogP contribution in [0, 0.1) is 0 Å². The molecule has 0 rings (SSSR count). The lowest BCUT2D eigenvalue weighted by molar-refractivity contribution is -0.00393. The molecule has 0 saturated heterocycles. The second-order valence-electron chi connectivity index (χ2n) is 2.85. The summed E-state index contributed by atoms with van der Waals surface area (Å²) in [5, 5.41) is 17.1. The Labute approximate surface area is 68.4 Å². The van der Waals surface area contributed by atoms with Crippen LogP contribution in [0.1, 0.15) is 45.4 Å². The number of unbranched alkanes of at least 4 members (excludes halogenated alkanes) is 4. The quantitative estimate of drug-likeness (QED) is 0.302. The van der Waals surface area contributed by atoms with Crippen LogP contribution in [0.3, 0.4) is 0 Å². The first-order chi connectivity index (χ1) is 5.31. The van der Waals surface area contributed by atoms with E-state index in [1.807, 2.05) is 5.48 Å². The Bertz CT molecular complexity index is 78.5. The Hall–Kier alpha value is -0.120. The van der Waals surface area contributed by atoms with Gasteiger partial charge in [0.2, 0.25) is 0 Å². The molecule has 1 atom stereocenters. The molecule has 1 unspecified atom stereocenters. The van der Waals surface area contributed by atoms with Crippen molar-refractivity contribution in [3.8, 4) is 0 Å². The van der Waals surface area contributed by atoms with E-state index < -0.39 is 6.23 Å². The van der Waals surface area contributed by atoms with Crippen LogP contribution in [0.25, 0.3) is 0 Å². The summed E-state index contributed by atoms with van der Waals surface area (Å²) in [6.07, 6.45) is 5.76. The molecular formula is C8H19NO2. The summed E-state index contributed by atoms with van der Waals surface area (Å²) in [5.41, 5.74) is 1.81. The zero-order valence-electron chi connectivity index (χ0n) is 7.21. The van der Waals surface area contributed by atoms with Crippen molar-refractivity contribution in [2.75, 3.05) is 0 Å². The van der Waals surface area contributed by atoms with Gasteiger partial charge in [-0.15, -0.1) is 0 Å². The topological polar surface area (TPSA) is 52.5 Å². The molecule has 0 heterocycles. The molecule has 3 heteroatoms. The van der Waals surface area contributed by atoms with Crippen molar-refractivity contribution in [2.45, 2.75) is 51.7 Å². The summed E-state index contributed by atoms with van der Waals surface area (Å²) in [6, 6.07) is 0. The lowest BCUT2D eigenvalue weighted by atomic mass is 10.1. The highest BCUT2D eigenvalue weighted by Crippen LogP contribution is 2.05. The fourth-order valence-corrected chi connectivity index (χ4v) is 1.01. The molecule has 0 saturated carbocycles. The molecule has 0 aliphatic heterocycles. The average Bonchev–Trinajstić information content (AvgIpc) is 2.04. The first-order valence-corrected chi connectivity index (χ1v) is 4.39. The van der Waals surface area contributed by atoms with Crippen molar-refractivity contribution < 1.29 is 10.3 Å². The van der Waals surface area contributed by atoms with Gasteiger partial charge in [0.1, 0.15) is 6.23 Å². The Balaban J connectivity index is 2.89. The summed E-state index contributed by atoms with van der Waals surface area (Å²) < 4.78 is 0. The van der Waals surface area contributed by atoms with E-state index in [2.05, 4.69) is 6.92 Å². The number of rotatable bonds is 7. The van der Waals surface area contributed by atoms with Crippen LogP contribution in [-0.2, 0) is 0 Å². The molecule has 0 aromatic carbocycles. The van der Waals surface area contributed by atoms with Crippen molar-refractivity contribution in [3.63, 3.8) is 0 Å². The van der Waals surface area contributed by atoms with E-state index in [9.17, 15) is 0 Å². The standard InChI is InChI=1S/C8H19NO2/c1-2-3-4-5-6-7-8(10)9-11/h8-11H,2-7H2,1H3. The second-order valence-corrected chi connectivity index (χ2v) is 2.85. The van der Waals surface area contributed by atoms with Crippen LogP contribution in [0.15, 0.2) is 0 Å². The predicted octanol–water partition coefficient (Wildman–Crippen LogP) is 1.64. The second kappa shape index (κ2) is 7.98. The lowest BCUT2D eigenvalue weighted by Crippen LogP contribution is -2.24. The van der Waals surface area contributed by atoms with Gasteiger partial charge in [-0.25, -0.2) is 0 Å². The van der Waals surface area contributed by atoms with Gasteiger partial charge in [-0.2, -0.15) is 5.48 Å². The predicted molar refractivity (Wildman–Crippen MR) is 44.3 cm³/mol. The zero-order valence-corrected chi connectivity index (χ0v) is 7.21. The van der Waals surface area contributed by atoms with Crippen LogP contribution in [0.4, 0.5) is 0 Å². The van der Waals surface area contributed by atoms with Crippen LogP contribution in [-0.4, -0.2) is 16.5 Å². The molecule has 0 aromatic rings. The Morgan fingerprint density at radius 2 is 1.82 bits per heavy atom. The molecule has 0 amide bonds. The van der Waals surface area contributed by atoms with Crippen molar-refractivity contribution in [3.05, 3.63) is 0 Å². The highest BCUT2D eigenvalue weighted by molar-refractivity contribution is 4.47. The third-order valence-corrected chi connectivity index (χ3v) is 1.73. The van der Waals surface area contributed by atoms with E-state index in [-0.39, 0.29) is 0 Å². The maximum Gasteiger partial charge on any atom is 0.126 e. The number of hydroxylamine groups is 1. The molecule has 3 N–H and O–H groups in total. The van der Waals surface area contributed by atoms with Gasteiger partial charge in [-0.1, -0.05) is 32.6 Å². The summed E-state index contributed by atoms with van der Waals surface area (Å²) in [4.78, 5) is 0. The molecule has 0 bridgehead atoms. The zero-order chi connectivity index (χ0) is 8.53. The van der Waals surface area contributed by atoms with Gasteiger partial charge in [-0.05, 0) is 12.8 Å². The minimum atomic E-state index is -0.739. The average molecular weight is 161 g/mol. The Kier molecular flexibility index (Phi) is 7.89. The molecule has 11 heavy (non-hydrogen) atoms. The van der Waals surface area contributed by atoms with Crippen LogP contribution < -0.4 is 5.48 Å². The Morgan fingerprint density at radius 3 is 2.36 bits per heavy atom. The molecular weight excluding hydrogens is 142 g/mol. The largest absolute Gasteiger partial charge is 0.377 e. The van der Waals surface area contributed by atoms with Crippen molar-refractivity contribution in [2.24, 2.45) is 0 Å². The van der Waals surface area contributed by atoms with Crippen LogP contribution in [0.5, 0.6) is 0 Å². The molecule has 0 radical (unpaired) electrons. The van der Waals surface area contributed by atoms with Crippen molar-refractivity contribution >= 4 is 0 Å². The van der Waals surface area contributed by atoms with Gasteiger partial charge in [0, 0.05) is 0 Å². The summed E-state index contributed by atoms with van der Waals surface area (Å²) in [5.74, 6) is 0. The maximum absolute atomic E-state index is 8.85. The van der Waals surface area contributed by atoms with Gasteiger partial charge < -0.3 is 10.3 Å². The SMILES string of the molecule is CCCCCCCC(O)NO. The Morgan fingerprint density at radius 1 is 1.18 bits per heavy atom. The minimum Gasteiger partial charge on any atom is -0.377 e. The number of nitrogens with one attached hydrogen (secondary N) is 1. The van der Waals surface area contributed by atoms with Gasteiger partial charge in [-0.3, -0.25) is 0 Å². The first kappa shape index (κ1) is 10.9. The van der Waals surface area contributed by atoms with E-state index in [4.69, 9.17) is 10.3 Å². The van der Waals surface area contributed by atoms with Crippen molar-refractivity contribution in [1.29, 1.82) is 0 Å². The summed E-state index contributed by atoms with van der Waals surface area (Å²) >= 11 is 0. The van der Waals surface area contributed by atoms with E-state index in [0.29, 0.717) is 6.42 Å². The normalized spacial score (nSPS) is 13.4. The number of hydrogen-bond donors (Lipinski definition) is 3. The molecule has 0 aliphatic carbocycles. The molecule has 0 aromatic heterocycles. The van der Waals surface area contributed by atoms with Crippen LogP contribution >= 0.6 is 0 Å². The van der Waals surface area contributed by atoms with E-state index in [1.165, 1.54) is 19.3 Å². The molecule has 68 valence electrons. The number of hydrogen-bond acceptors (Lipinski definition) is 3. The van der Waals surface area contributed by atoms with Crippen molar-refractivity contribution in [1.82, 2.24) is 5.48 Å². The van der Waals surface area contributed by atoms with E-state index >= 15 is 0 Å². The fraction of sp³-hybridized carbons (Fsp3) is 1.00. The first-order valence-electron chi connectivity index (χ1n) is 4.39. The lowest BCUT2D eigenvalue weighted by Gasteiger charge is -2.06. The number of aliphatic hydroxyl groups is 1. The third-order valence-electron chi connectivity index (χ3n) is 1.73. The number of aliphatic hydroxyl groups excluding tert-OH is 1. The fourth-order valence-electron chi connectivity index (χ4n) is 1.01. The molecule has 0 spiro atoms. The molecule has 0 aliphatic rings. The molecule has 3 nitrogen and oxygen atoms in total. The minimum absolute atomic E-state index is 0.639. The van der Waals surface area contributed by atoms with Gasteiger partial charge in [0.05, 0.1) is 0 Å².